The van der Waals surface area contributed by atoms with E-state index < -0.39 is 0 Å². The van der Waals surface area contributed by atoms with Crippen LogP contribution in [0.2, 0.25) is 0 Å². The summed E-state index contributed by atoms with van der Waals surface area (Å²) in [5.74, 6) is 0.169. The van der Waals surface area contributed by atoms with Gasteiger partial charge in [0, 0.05) is 32.7 Å². The Balaban J connectivity index is 2.08. The van der Waals surface area contributed by atoms with Crippen LogP contribution in [0.5, 0.6) is 0 Å². The van der Waals surface area contributed by atoms with Gasteiger partial charge in [0.25, 0.3) is 0 Å². The van der Waals surface area contributed by atoms with Crippen molar-refractivity contribution >= 4 is 5.91 Å². The maximum Gasteiger partial charge on any atom is 0.221 e. The van der Waals surface area contributed by atoms with Gasteiger partial charge in [-0.15, -0.1) is 0 Å². The summed E-state index contributed by atoms with van der Waals surface area (Å²) < 4.78 is 0. The van der Waals surface area contributed by atoms with Gasteiger partial charge in [0.05, 0.1) is 0 Å². The van der Waals surface area contributed by atoms with E-state index in [1.807, 2.05) is 0 Å². The standard InChI is InChI=1S/C10H20N2O2/c13-9-3-1-2-6-12-7-4-10(14)11-5-8-12/h13H,1-9H2,(H,11,14). The molecule has 1 heterocycles. The van der Waals surface area contributed by atoms with Crippen LogP contribution in [0.4, 0.5) is 0 Å². The number of amides is 1. The Kier molecular flexibility index (Phi) is 5.56. The highest BCUT2D eigenvalue weighted by Crippen LogP contribution is 2.01. The van der Waals surface area contributed by atoms with Crippen molar-refractivity contribution in [1.82, 2.24) is 10.2 Å². The lowest BCUT2D eigenvalue weighted by Gasteiger charge is -2.18. The molecule has 1 rings (SSSR count). The van der Waals surface area contributed by atoms with E-state index in [1.54, 1.807) is 0 Å². The van der Waals surface area contributed by atoms with Crippen LogP contribution in [0.3, 0.4) is 0 Å². The Bertz CT molecular complexity index is 174. The number of nitrogens with zero attached hydrogens (tertiary/aromatic N) is 1. The van der Waals surface area contributed by atoms with Crippen molar-refractivity contribution in [2.24, 2.45) is 0 Å². The molecule has 1 aliphatic rings. The summed E-state index contributed by atoms with van der Waals surface area (Å²) >= 11 is 0. The average Bonchev–Trinajstić information content (AvgIpc) is 2.38. The molecule has 82 valence electrons. The molecule has 14 heavy (non-hydrogen) atoms. The minimum absolute atomic E-state index is 0.169. The van der Waals surface area contributed by atoms with Gasteiger partial charge in [0.15, 0.2) is 0 Å². The molecular weight excluding hydrogens is 180 g/mol. The van der Waals surface area contributed by atoms with Crippen molar-refractivity contribution in [3.05, 3.63) is 0 Å². The molecule has 1 saturated heterocycles. The molecule has 4 nitrogen and oxygen atoms in total. The van der Waals surface area contributed by atoms with Gasteiger partial charge in [-0.2, -0.15) is 0 Å². The Morgan fingerprint density at radius 2 is 2.14 bits per heavy atom. The van der Waals surface area contributed by atoms with Crippen LogP contribution in [0.25, 0.3) is 0 Å². The third-order valence-electron chi connectivity index (χ3n) is 2.54. The van der Waals surface area contributed by atoms with Gasteiger partial charge in [-0.25, -0.2) is 0 Å². The number of aliphatic hydroxyl groups is 1. The van der Waals surface area contributed by atoms with E-state index in [1.165, 1.54) is 0 Å². The van der Waals surface area contributed by atoms with Crippen molar-refractivity contribution in [3.63, 3.8) is 0 Å². The summed E-state index contributed by atoms with van der Waals surface area (Å²) in [5, 5.41) is 11.5. The fraction of sp³-hybridized carbons (Fsp3) is 0.900. The zero-order chi connectivity index (χ0) is 10.2. The number of carbonyl (C=O) groups excluding carboxylic acids is 1. The molecule has 0 aromatic rings. The first-order valence-corrected chi connectivity index (χ1v) is 5.43. The molecule has 0 aliphatic carbocycles. The monoisotopic (exact) mass is 200 g/mol. The van der Waals surface area contributed by atoms with Gasteiger partial charge in [-0.05, 0) is 25.8 Å². The summed E-state index contributed by atoms with van der Waals surface area (Å²) in [5.41, 5.74) is 0. The first kappa shape index (κ1) is 11.5. The van der Waals surface area contributed by atoms with Gasteiger partial charge < -0.3 is 15.3 Å². The van der Waals surface area contributed by atoms with E-state index in [2.05, 4.69) is 10.2 Å². The summed E-state index contributed by atoms with van der Waals surface area (Å²) in [7, 11) is 0. The first-order chi connectivity index (χ1) is 6.83. The predicted molar refractivity (Wildman–Crippen MR) is 55.0 cm³/mol. The zero-order valence-electron chi connectivity index (χ0n) is 8.67. The highest BCUT2D eigenvalue weighted by molar-refractivity contribution is 5.76. The van der Waals surface area contributed by atoms with E-state index in [0.717, 1.165) is 45.4 Å². The van der Waals surface area contributed by atoms with Crippen molar-refractivity contribution in [2.45, 2.75) is 25.7 Å². The van der Waals surface area contributed by atoms with E-state index in [-0.39, 0.29) is 5.91 Å². The maximum atomic E-state index is 11.0. The Morgan fingerprint density at radius 3 is 2.93 bits per heavy atom. The van der Waals surface area contributed by atoms with Crippen LogP contribution in [0.1, 0.15) is 25.7 Å². The minimum atomic E-state index is 0.169. The average molecular weight is 200 g/mol. The number of hydrogen-bond acceptors (Lipinski definition) is 3. The van der Waals surface area contributed by atoms with Crippen LogP contribution >= 0.6 is 0 Å². The highest BCUT2D eigenvalue weighted by Gasteiger charge is 2.11. The molecule has 0 spiro atoms. The molecular formula is C10H20N2O2. The Hall–Kier alpha value is -0.610. The maximum absolute atomic E-state index is 11.0. The molecule has 1 aliphatic heterocycles. The highest BCUT2D eigenvalue weighted by atomic mass is 16.2. The normalized spacial score (nSPS) is 19.1. The smallest absolute Gasteiger partial charge is 0.221 e. The van der Waals surface area contributed by atoms with Crippen molar-refractivity contribution < 1.29 is 9.90 Å². The zero-order valence-corrected chi connectivity index (χ0v) is 8.67. The third-order valence-corrected chi connectivity index (χ3v) is 2.54. The molecule has 1 amide bonds. The third kappa shape index (κ3) is 4.58. The quantitative estimate of drug-likeness (QED) is 0.613. The predicted octanol–water partition coefficient (Wildman–Crippen LogP) is -0.0291. The lowest BCUT2D eigenvalue weighted by Crippen LogP contribution is -2.29. The molecule has 0 aromatic heterocycles. The lowest BCUT2D eigenvalue weighted by atomic mass is 10.2. The second-order valence-corrected chi connectivity index (χ2v) is 3.73. The largest absolute Gasteiger partial charge is 0.396 e. The molecule has 4 heteroatoms. The molecule has 0 atom stereocenters. The van der Waals surface area contributed by atoms with Crippen LogP contribution < -0.4 is 5.32 Å². The number of aliphatic hydroxyl groups excluding tert-OH is 1. The molecule has 1 fully saturated rings. The van der Waals surface area contributed by atoms with E-state index in [0.29, 0.717) is 13.0 Å². The van der Waals surface area contributed by atoms with Gasteiger partial charge in [0.2, 0.25) is 5.91 Å². The Labute approximate surface area is 85.3 Å². The molecule has 0 bridgehead atoms. The summed E-state index contributed by atoms with van der Waals surface area (Å²) in [6, 6.07) is 0. The molecule has 0 unspecified atom stereocenters. The molecule has 0 saturated carbocycles. The number of unbranched alkanes of at least 4 members (excludes halogenated alkanes) is 2. The van der Waals surface area contributed by atoms with Gasteiger partial charge >= 0.3 is 0 Å². The first-order valence-electron chi connectivity index (χ1n) is 5.43. The second-order valence-electron chi connectivity index (χ2n) is 3.73. The number of rotatable bonds is 5. The van der Waals surface area contributed by atoms with Crippen molar-refractivity contribution in [3.8, 4) is 0 Å². The molecule has 0 aromatic carbocycles. The van der Waals surface area contributed by atoms with Crippen LogP contribution in [-0.4, -0.2) is 48.7 Å². The van der Waals surface area contributed by atoms with Crippen LogP contribution in [-0.2, 0) is 4.79 Å². The summed E-state index contributed by atoms with van der Waals surface area (Å²) in [6.45, 7) is 3.96. The van der Waals surface area contributed by atoms with Crippen molar-refractivity contribution in [2.75, 3.05) is 32.8 Å². The molecule has 2 N–H and O–H groups in total. The summed E-state index contributed by atoms with van der Waals surface area (Å²) in [6.07, 6.45) is 3.72. The van der Waals surface area contributed by atoms with E-state index in [4.69, 9.17) is 5.11 Å². The summed E-state index contributed by atoms with van der Waals surface area (Å²) in [4.78, 5) is 13.3. The molecule has 0 radical (unpaired) electrons. The van der Waals surface area contributed by atoms with Crippen LogP contribution in [0, 0.1) is 0 Å². The minimum Gasteiger partial charge on any atom is -0.396 e. The van der Waals surface area contributed by atoms with Crippen molar-refractivity contribution in [1.29, 1.82) is 0 Å². The van der Waals surface area contributed by atoms with E-state index >= 15 is 0 Å². The number of hydrogen-bond donors (Lipinski definition) is 2. The number of carbonyl (C=O) groups is 1. The topological polar surface area (TPSA) is 52.6 Å². The van der Waals surface area contributed by atoms with E-state index in [9.17, 15) is 4.79 Å². The second kappa shape index (κ2) is 6.79. The van der Waals surface area contributed by atoms with Gasteiger partial charge in [0.1, 0.15) is 0 Å². The fourth-order valence-electron chi connectivity index (χ4n) is 1.66. The fourth-order valence-corrected chi connectivity index (χ4v) is 1.66. The van der Waals surface area contributed by atoms with Gasteiger partial charge in [-0.3, -0.25) is 4.79 Å². The SMILES string of the molecule is O=C1CCN(CCCCCO)CCN1. The van der Waals surface area contributed by atoms with Crippen LogP contribution in [0.15, 0.2) is 0 Å². The number of nitrogens with one attached hydrogen (secondary N) is 1. The van der Waals surface area contributed by atoms with Gasteiger partial charge in [-0.1, -0.05) is 0 Å². The Morgan fingerprint density at radius 1 is 1.29 bits per heavy atom. The lowest BCUT2D eigenvalue weighted by molar-refractivity contribution is -0.120.